The Labute approximate surface area is 113 Å². The molecule has 1 aromatic rings. The molecule has 0 saturated carbocycles. The molecule has 5 nitrogen and oxygen atoms in total. The van der Waals surface area contributed by atoms with Crippen molar-refractivity contribution >= 4 is 17.6 Å². The quantitative estimate of drug-likeness (QED) is 0.769. The van der Waals surface area contributed by atoms with E-state index in [0.717, 1.165) is 12.8 Å². The highest BCUT2D eigenvalue weighted by molar-refractivity contribution is 6.02. The van der Waals surface area contributed by atoms with Crippen LogP contribution in [0.25, 0.3) is 0 Å². The van der Waals surface area contributed by atoms with Crippen molar-refractivity contribution in [3.63, 3.8) is 0 Å². The van der Waals surface area contributed by atoms with E-state index in [1.807, 2.05) is 6.92 Å². The highest BCUT2D eigenvalue weighted by atomic mass is 16.5. The van der Waals surface area contributed by atoms with Gasteiger partial charge in [0.2, 0.25) is 5.91 Å². The van der Waals surface area contributed by atoms with E-state index in [4.69, 9.17) is 5.73 Å². The molecule has 5 heteroatoms. The van der Waals surface area contributed by atoms with Crippen molar-refractivity contribution in [3.8, 4) is 0 Å². The molecule has 1 unspecified atom stereocenters. The number of amides is 1. The maximum Gasteiger partial charge on any atom is 0.339 e. The van der Waals surface area contributed by atoms with Gasteiger partial charge in [-0.1, -0.05) is 31.9 Å². The SMILES string of the molecule is CCCCC(N)C(=O)Nc1ccccc1C(=O)OC. The fraction of sp³-hybridized carbons (Fsp3) is 0.429. The molecule has 19 heavy (non-hydrogen) atoms. The molecular weight excluding hydrogens is 244 g/mol. The second kappa shape index (κ2) is 7.53. The Morgan fingerprint density at radius 2 is 2.05 bits per heavy atom. The number of carbonyl (C=O) groups is 2. The first-order valence-corrected chi connectivity index (χ1v) is 6.34. The van der Waals surface area contributed by atoms with E-state index in [0.29, 0.717) is 17.7 Å². The lowest BCUT2D eigenvalue weighted by Gasteiger charge is -2.13. The second-order valence-electron chi connectivity index (χ2n) is 4.28. The zero-order valence-corrected chi connectivity index (χ0v) is 11.3. The summed E-state index contributed by atoms with van der Waals surface area (Å²) in [6.07, 6.45) is 2.51. The molecule has 1 atom stereocenters. The number of hydrogen-bond acceptors (Lipinski definition) is 4. The van der Waals surface area contributed by atoms with Crippen molar-refractivity contribution in [1.82, 2.24) is 0 Å². The molecule has 1 amide bonds. The lowest BCUT2D eigenvalue weighted by molar-refractivity contribution is -0.117. The predicted molar refractivity (Wildman–Crippen MR) is 73.9 cm³/mol. The molecular formula is C14H20N2O3. The third kappa shape index (κ3) is 4.37. The van der Waals surface area contributed by atoms with Gasteiger partial charge in [-0.15, -0.1) is 0 Å². The number of rotatable bonds is 6. The molecule has 0 radical (unpaired) electrons. The number of para-hydroxylation sites is 1. The van der Waals surface area contributed by atoms with Crippen LogP contribution in [-0.2, 0) is 9.53 Å². The van der Waals surface area contributed by atoms with Crippen molar-refractivity contribution in [3.05, 3.63) is 29.8 Å². The second-order valence-corrected chi connectivity index (χ2v) is 4.28. The van der Waals surface area contributed by atoms with Gasteiger partial charge in [0.05, 0.1) is 24.4 Å². The summed E-state index contributed by atoms with van der Waals surface area (Å²) in [5.41, 5.74) is 6.52. The maximum atomic E-state index is 11.9. The summed E-state index contributed by atoms with van der Waals surface area (Å²) < 4.78 is 4.66. The van der Waals surface area contributed by atoms with Gasteiger partial charge in [0.25, 0.3) is 0 Å². The Hall–Kier alpha value is -1.88. The van der Waals surface area contributed by atoms with Gasteiger partial charge in [-0.05, 0) is 18.6 Å². The smallest absolute Gasteiger partial charge is 0.339 e. The number of unbranched alkanes of at least 4 members (excludes halogenated alkanes) is 1. The number of carbonyl (C=O) groups excluding carboxylic acids is 2. The minimum Gasteiger partial charge on any atom is -0.465 e. The highest BCUT2D eigenvalue weighted by Crippen LogP contribution is 2.16. The number of methoxy groups -OCH3 is 1. The van der Waals surface area contributed by atoms with Gasteiger partial charge in [-0.25, -0.2) is 4.79 Å². The van der Waals surface area contributed by atoms with Gasteiger partial charge >= 0.3 is 5.97 Å². The molecule has 1 aromatic carbocycles. The Kier molecular flexibility index (Phi) is 6.02. The summed E-state index contributed by atoms with van der Waals surface area (Å²) in [5, 5.41) is 2.67. The zero-order chi connectivity index (χ0) is 14.3. The van der Waals surface area contributed by atoms with Crippen molar-refractivity contribution < 1.29 is 14.3 Å². The van der Waals surface area contributed by atoms with E-state index in [2.05, 4.69) is 10.1 Å². The van der Waals surface area contributed by atoms with Crippen LogP contribution in [0.5, 0.6) is 0 Å². The van der Waals surface area contributed by atoms with E-state index in [9.17, 15) is 9.59 Å². The summed E-state index contributed by atoms with van der Waals surface area (Å²) in [6.45, 7) is 2.04. The van der Waals surface area contributed by atoms with E-state index < -0.39 is 12.0 Å². The van der Waals surface area contributed by atoms with Crippen LogP contribution in [0.2, 0.25) is 0 Å². The lowest BCUT2D eigenvalue weighted by Crippen LogP contribution is -2.35. The van der Waals surface area contributed by atoms with Gasteiger partial charge in [-0.3, -0.25) is 4.79 Å². The Balaban J connectivity index is 2.76. The third-order valence-electron chi connectivity index (χ3n) is 2.80. The van der Waals surface area contributed by atoms with E-state index >= 15 is 0 Å². The molecule has 104 valence electrons. The maximum absolute atomic E-state index is 11.9. The number of hydrogen-bond donors (Lipinski definition) is 2. The fourth-order valence-corrected chi connectivity index (χ4v) is 1.66. The topological polar surface area (TPSA) is 81.4 Å². The van der Waals surface area contributed by atoms with Crippen molar-refractivity contribution in [2.75, 3.05) is 12.4 Å². The van der Waals surface area contributed by atoms with Crippen molar-refractivity contribution in [1.29, 1.82) is 0 Å². The van der Waals surface area contributed by atoms with Crippen LogP contribution in [0, 0.1) is 0 Å². The molecule has 0 aliphatic carbocycles. The Morgan fingerprint density at radius 1 is 1.37 bits per heavy atom. The molecule has 0 spiro atoms. The number of ether oxygens (including phenoxy) is 1. The molecule has 0 heterocycles. The van der Waals surface area contributed by atoms with Crippen molar-refractivity contribution in [2.24, 2.45) is 5.73 Å². The normalized spacial score (nSPS) is 11.7. The average molecular weight is 264 g/mol. The van der Waals surface area contributed by atoms with Crippen LogP contribution in [0.4, 0.5) is 5.69 Å². The first-order chi connectivity index (χ1) is 9.10. The summed E-state index contributed by atoms with van der Waals surface area (Å²) in [5.74, 6) is -0.775. The first-order valence-electron chi connectivity index (χ1n) is 6.34. The Bertz CT molecular complexity index is 446. The van der Waals surface area contributed by atoms with Gasteiger partial charge in [-0.2, -0.15) is 0 Å². The molecule has 0 aromatic heterocycles. The summed E-state index contributed by atoms with van der Waals surface area (Å²) in [4.78, 5) is 23.4. The van der Waals surface area contributed by atoms with Crippen LogP contribution in [0.1, 0.15) is 36.5 Å². The summed E-state index contributed by atoms with van der Waals surface area (Å²) in [7, 11) is 1.30. The van der Waals surface area contributed by atoms with Gasteiger partial charge < -0.3 is 15.8 Å². The highest BCUT2D eigenvalue weighted by Gasteiger charge is 2.17. The van der Waals surface area contributed by atoms with Crippen LogP contribution in [-0.4, -0.2) is 25.0 Å². The minimum atomic E-state index is -0.564. The van der Waals surface area contributed by atoms with Crippen molar-refractivity contribution in [2.45, 2.75) is 32.2 Å². The Morgan fingerprint density at radius 3 is 2.68 bits per heavy atom. The number of benzene rings is 1. The number of nitrogens with one attached hydrogen (secondary N) is 1. The monoisotopic (exact) mass is 264 g/mol. The standard InChI is InChI=1S/C14H20N2O3/c1-3-4-8-11(15)13(17)16-12-9-6-5-7-10(12)14(18)19-2/h5-7,9,11H,3-4,8,15H2,1-2H3,(H,16,17). The van der Waals surface area contributed by atoms with Crippen LogP contribution in [0.15, 0.2) is 24.3 Å². The van der Waals surface area contributed by atoms with E-state index in [1.165, 1.54) is 7.11 Å². The van der Waals surface area contributed by atoms with Gasteiger partial charge in [0.1, 0.15) is 0 Å². The van der Waals surface area contributed by atoms with Crippen LogP contribution < -0.4 is 11.1 Å². The molecule has 3 N–H and O–H groups in total. The van der Waals surface area contributed by atoms with Gasteiger partial charge in [0.15, 0.2) is 0 Å². The number of nitrogens with two attached hydrogens (primary N) is 1. The minimum absolute atomic E-state index is 0.287. The molecule has 0 aliphatic heterocycles. The lowest BCUT2D eigenvalue weighted by atomic mass is 10.1. The third-order valence-corrected chi connectivity index (χ3v) is 2.80. The summed E-state index contributed by atoms with van der Waals surface area (Å²) in [6, 6.07) is 6.12. The molecule has 1 rings (SSSR count). The van der Waals surface area contributed by atoms with Crippen LogP contribution >= 0.6 is 0 Å². The number of anilines is 1. The molecule has 0 saturated heterocycles. The fourth-order valence-electron chi connectivity index (χ4n) is 1.66. The van der Waals surface area contributed by atoms with E-state index in [-0.39, 0.29) is 5.91 Å². The van der Waals surface area contributed by atoms with E-state index in [1.54, 1.807) is 24.3 Å². The zero-order valence-electron chi connectivity index (χ0n) is 11.3. The average Bonchev–Trinajstić information content (AvgIpc) is 2.44. The predicted octanol–water partition coefficient (Wildman–Crippen LogP) is 1.93. The molecule has 0 bridgehead atoms. The summed E-state index contributed by atoms with van der Waals surface area (Å²) >= 11 is 0. The van der Waals surface area contributed by atoms with Gasteiger partial charge in [0, 0.05) is 0 Å². The molecule has 0 aliphatic rings. The van der Waals surface area contributed by atoms with Crippen LogP contribution in [0.3, 0.4) is 0 Å². The molecule has 0 fully saturated rings. The number of esters is 1. The largest absolute Gasteiger partial charge is 0.465 e. The first kappa shape index (κ1) is 15.2.